The van der Waals surface area contributed by atoms with Gasteiger partial charge in [-0.1, -0.05) is 42.5 Å². The number of hydroxylamine groups is 1. The average Bonchev–Trinajstić information content (AvgIpc) is 2.48. The van der Waals surface area contributed by atoms with Gasteiger partial charge >= 0.3 is 0 Å². The third-order valence-electron chi connectivity index (χ3n) is 3.08. The zero-order valence-electron chi connectivity index (χ0n) is 11.0. The zero-order chi connectivity index (χ0) is 13.5. The standard InChI is InChI=1S/C16H19NO2/c1-13(17-18)15-7-9-16(10-8-15)19-12-11-14-5-3-2-4-6-14/h2-10,13,17-18H,11-12H2,1H3/t13-/m0/s1. The summed E-state index contributed by atoms with van der Waals surface area (Å²) >= 11 is 0. The second-order valence-corrected chi connectivity index (χ2v) is 4.50. The molecule has 0 aliphatic heterocycles. The quantitative estimate of drug-likeness (QED) is 0.780. The molecule has 3 nitrogen and oxygen atoms in total. The molecule has 0 bridgehead atoms. The van der Waals surface area contributed by atoms with E-state index in [1.54, 1.807) is 0 Å². The summed E-state index contributed by atoms with van der Waals surface area (Å²) in [6, 6.07) is 18.0. The second-order valence-electron chi connectivity index (χ2n) is 4.50. The van der Waals surface area contributed by atoms with Gasteiger partial charge in [-0.05, 0) is 30.2 Å². The number of benzene rings is 2. The van der Waals surface area contributed by atoms with Gasteiger partial charge in [0.1, 0.15) is 5.75 Å². The molecule has 0 aliphatic carbocycles. The molecule has 0 saturated heterocycles. The number of nitrogens with one attached hydrogen (secondary N) is 1. The molecule has 0 saturated carbocycles. The molecule has 0 radical (unpaired) electrons. The molecule has 19 heavy (non-hydrogen) atoms. The van der Waals surface area contributed by atoms with Crippen molar-refractivity contribution in [1.82, 2.24) is 5.48 Å². The summed E-state index contributed by atoms with van der Waals surface area (Å²) in [5.41, 5.74) is 4.53. The molecule has 0 aromatic heterocycles. The lowest BCUT2D eigenvalue weighted by molar-refractivity contribution is 0.133. The minimum atomic E-state index is -0.0710. The van der Waals surface area contributed by atoms with Crippen LogP contribution in [-0.2, 0) is 6.42 Å². The van der Waals surface area contributed by atoms with E-state index >= 15 is 0 Å². The smallest absolute Gasteiger partial charge is 0.119 e. The van der Waals surface area contributed by atoms with E-state index in [-0.39, 0.29) is 6.04 Å². The van der Waals surface area contributed by atoms with Crippen molar-refractivity contribution in [2.75, 3.05) is 6.61 Å². The van der Waals surface area contributed by atoms with Gasteiger partial charge in [0.2, 0.25) is 0 Å². The summed E-state index contributed by atoms with van der Waals surface area (Å²) in [4.78, 5) is 0. The van der Waals surface area contributed by atoms with E-state index in [4.69, 9.17) is 9.94 Å². The van der Waals surface area contributed by atoms with Crippen molar-refractivity contribution in [1.29, 1.82) is 0 Å². The summed E-state index contributed by atoms with van der Waals surface area (Å²) in [5, 5.41) is 8.84. The fraction of sp³-hybridized carbons (Fsp3) is 0.250. The van der Waals surface area contributed by atoms with Gasteiger partial charge in [0.05, 0.1) is 12.6 Å². The molecule has 1 atom stereocenters. The fourth-order valence-corrected chi connectivity index (χ4v) is 1.86. The van der Waals surface area contributed by atoms with Gasteiger partial charge in [0.15, 0.2) is 0 Å². The zero-order valence-corrected chi connectivity index (χ0v) is 11.0. The van der Waals surface area contributed by atoms with Crippen LogP contribution in [0.3, 0.4) is 0 Å². The Labute approximate surface area is 113 Å². The van der Waals surface area contributed by atoms with Crippen molar-refractivity contribution in [3.05, 3.63) is 65.7 Å². The van der Waals surface area contributed by atoms with Gasteiger partial charge in [-0.2, -0.15) is 5.48 Å². The van der Waals surface area contributed by atoms with Crippen LogP contribution in [0, 0.1) is 0 Å². The Hall–Kier alpha value is -1.84. The highest BCUT2D eigenvalue weighted by atomic mass is 16.5. The van der Waals surface area contributed by atoms with Gasteiger partial charge in [0, 0.05) is 6.42 Å². The summed E-state index contributed by atoms with van der Waals surface area (Å²) < 4.78 is 5.70. The lowest BCUT2D eigenvalue weighted by atomic mass is 10.1. The largest absolute Gasteiger partial charge is 0.493 e. The fourth-order valence-electron chi connectivity index (χ4n) is 1.86. The van der Waals surface area contributed by atoms with Gasteiger partial charge in [0.25, 0.3) is 0 Å². The van der Waals surface area contributed by atoms with Crippen LogP contribution >= 0.6 is 0 Å². The van der Waals surface area contributed by atoms with Crippen LogP contribution in [0.15, 0.2) is 54.6 Å². The maximum absolute atomic E-state index is 8.84. The first-order valence-corrected chi connectivity index (χ1v) is 6.46. The maximum Gasteiger partial charge on any atom is 0.119 e. The van der Waals surface area contributed by atoms with Crippen molar-refractivity contribution in [2.45, 2.75) is 19.4 Å². The van der Waals surface area contributed by atoms with Gasteiger partial charge in [-0.3, -0.25) is 0 Å². The van der Waals surface area contributed by atoms with Crippen LogP contribution in [-0.4, -0.2) is 11.8 Å². The number of hydrogen-bond donors (Lipinski definition) is 2. The molecule has 3 heteroatoms. The second kappa shape index (κ2) is 6.92. The molecule has 0 aliphatic rings. The van der Waals surface area contributed by atoms with Crippen LogP contribution in [0.4, 0.5) is 0 Å². The van der Waals surface area contributed by atoms with E-state index < -0.39 is 0 Å². The molecule has 2 rings (SSSR count). The van der Waals surface area contributed by atoms with Crippen molar-refractivity contribution in [3.8, 4) is 5.75 Å². The highest BCUT2D eigenvalue weighted by Crippen LogP contribution is 2.17. The Balaban J connectivity index is 1.83. The molecule has 0 amide bonds. The molecule has 0 spiro atoms. The predicted molar refractivity (Wildman–Crippen MR) is 75.4 cm³/mol. The Bertz CT molecular complexity index is 482. The normalized spacial score (nSPS) is 12.1. The summed E-state index contributed by atoms with van der Waals surface area (Å²) in [5.74, 6) is 0.852. The Morgan fingerprint density at radius 3 is 2.37 bits per heavy atom. The first kappa shape index (κ1) is 13.6. The van der Waals surface area contributed by atoms with Crippen molar-refractivity contribution >= 4 is 0 Å². The highest BCUT2D eigenvalue weighted by Gasteiger charge is 2.03. The van der Waals surface area contributed by atoms with E-state index in [0.717, 1.165) is 17.7 Å². The van der Waals surface area contributed by atoms with E-state index in [9.17, 15) is 0 Å². The first-order valence-electron chi connectivity index (χ1n) is 6.46. The van der Waals surface area contributed by atoms with E-state index in [1.165, 1.54) is 5.56 Å². The Morgan fingerprint density at radius 1 is 1.05 bits per heavy atom. The molecule has 2 N–H and O–H groups in total. The monoisotopic (exact) mass is 257 g/mol. The molecular formula is C16H19NO2. The van der Waals surface area contributed by atoms with E-state index in [1.807, 2.05) is 49.4 Å². The molecule has 2 aromatic rings. The van der Waals surface area contributed by atoms with Gasteiger partial charge < -0.3 is 9.94 Å². The Kier molecular flexibility index (Phi) is 4.95. The van der Waals surface area contributed by atoms with E-state index in [0.29, 0.717) is 6.61 Å². The molecule has 0 fully saturated rings. The lowest BCUT2D eigenvalue weighted by Gasteiger charge is -2.11. The minimum Gasteiger partial charge on any atom is -0.493 e. The Morgan fingerprint density at radius 2 is 1.74 bits per heavy atom. The van der Waals surface area contributed by atoms with Crippen LogP contribution in [0.25, 0.3) is 0 Å². The third kappa shape index (κ3) is 4.09. The predicted octanol–water partition coefficient (Wildman–Crippen LogP) is 3.35. The number of rotatable bonds is 6. The molecule has 0 unspecified atom stereocenters. The minimum absolute atomic E-state index is 0.0710. The van der Waals surface area contributed by atoms with Crippen LogP contribution in [0.2, 0.25) is 0 Å². The van der Waals surface area contributed by atoms with Crippen LogP contribution in [0.5, 0.6) is 5.75 Å². The highest BCUT2D eigenvalue weighted by molar-refractivity contribution is 5.28. The molecule has 100 valence electrons. The molecular weight excluding hydrogens is 238 g/mol. The van der Waals surface area contributed by atoms with Gasteiger partial charge in [-0.25, -0.2) is 0 Å². The van der Waals surface area contributed by atoms with Crippen molar-refractivity contribution in [2.24, 2.45) is 0 Å². The topological polar surface area (TPSA) is 41.5 Å². The maximum atomic E-state index is 8.84. The molecule has 0 heterocycles. The van der Waals surface area contributed by atoms with Crippen molar-refractivity contribution < 1.29 is 9.94 Å². The van der Waals surface area contributed by atoms with Crippen LogP contribution in [0.1, 0.15) is 24.1 Å². The SMILES string of the molecule is C[C@H](NO)c1ccc(OCCc2ccccc2)cc1. The van der Waals surface area contributed by atoms with E-state index in [2.05, 4.69) is 17.6 Å². The molecule has 2 aromatic carbocycles. The first-order chi connectivity index (χ1) is 9.29. The van der Waals surface area contributed by atoms with Gasteiger partial charge in [-0.15, -0.1) is 0 Å². The van der Waals surface area contributed by atoms with Crippen molar-refractivity contribution in [3.63, 3.8) is 0 Å². The third-order valence-corrected chi connectivity index (χ3v) is 3.08. The summed E-state index contributed by atoms with van der Waals surface area (Å²) in [6.45, 7) is 2.56. The summed E-state index contributed by atoms with van der Waals surface area (Å²) in [7, 11) is 0. The number of ether oxygens (including phenoxy) is 1. The lowest BCUT2D eigenvalue weighted by Crippen LogP contribution is -2.12. The van der Waals surface area contributed by atoms with Crippen LogP contribution < -0.4 is 10.2 Å². The number of hydrogen-bond acceptors (Lipinski definition) is 3. The summed E-state index contributed by atoms with van der Waals surface area (Å²) in [6.07, 6.45) is 0.900. The average molecular weight is 257 g/mol.